The van der Waals surface area contributed by atoms with Gasteiger partial charge in [0, 0.05) is 38.4 Å². The number of anilines is 1. The zero-order valence-electron chi connectivity index (χ0n) is 19.8. The molecule has 1 aliphatic carbocycles. The van der Waals surface area contributed by atoms with Gasteiger partial charge in [-0.25, -0.2) is 4.98 Å². The first-order valence-corrected chi connectivity index (χ1v) is 13.5. The van der Waals surface area contributed by atoms with Crippen molar-refractivity contribution in [3.8, 4) is 0 Å². The number of carbonyl (C=O) groups excluding carboxylic acids is 1. The number of amides is 1. The molecule has 2 aromatic rings. The molecule has 2 aliphatic heterocycles. The summed E-state index contributed by atoms with van der Waals surface area (Å²) in [6.07, 6.45) is 9.02. The first kappa shape index (κ1) is 23.5. The molecule has 180 valence electrons. The Balaban J connectivity index is 1.57. The van der Waals surface area contributed by atoms with Crippen LogP contribution in [-0.4, -0.2) is 68.2 Å². The number of fused-ring (bicyclic) bond motifs is 1. The summed E-state index contributed by atoms with van der Waals surface area (Å²) in [5.74, 6) is 0.588. The Morgan fingerprint density at radius 1 is 1.12 bits per heavy atom. The molecular weight excluding hydrogens is 466 g/mol. The summed E-state index contributed by atoms with van der Waals surface area (Å²) >= 11 is 6.93. The van der Waals surface area contributed by atoms with Crippen molar-refractivity contribution >= 4 is 51.7 Å². The molecule has 0 radical (unpaired) electrons. The number of rotatable bonds is 4. The Bertz CT molecular complexity index is 1210. The van der Waals surface area contributed by atoms with Gasteiger partial charge < -0.3 is 9.80 Å². The maximum atomic E-state index is 13.7. The third-order valence-corrected chi connectivity index (χ3v) is 8.47. The van der Waals surface area contributed by atoms with Crippen LogP contribution in [0.25, 0.3) is 11.7 Å². The van der Waals surface area contributed by atoms with E-state index >= 15 is 0 Å². The number of likely N-dealkylation sites (N-methyl/N-ethyl adjacent to an activating group) is 1. The van der Waals surface area contributed by atoms with E-state index in [2.05, 4.69) is 16.7 Å². The van der Waals surface area contributed by atoms with E-state index in [1.165, 1.54) is 18.2 Å². The maximum Gasteiger partial charge on any atom is 0.267 e. The third kappa shape index (κ3) is 4.41. The van der Waals surface area contributed by atoms with Gasteiger partial charge >= 0.3 is 0 Å². The van der Waals surface area contributed by atoms with E-state index in [1.54, 1.807) is 15.4 Å². The third-order valence-electron chi connectivity index (χ3n) is 7.14. The van der Waals surface area contributed by atoms with E-state index in [1.807, 2.05) is 25.3 Å². The number of aromatic nitrogens is 2. The zero-order chi connectivity index (χ0) is 23.8. The molecule has 5 rings (SSSR count). The van der Waals surface area contributed by atoms with Crippen LogP contribution in [0.15, 0.2) is 28.0 Å². The van der Waals surface area contributed by atoms with E-state index in [4.69, 9.17) is 17.2 Å². The number of thioether (sulfide) groups is 1. The number of piperazine rings is 1. The highest BCUT2D eigenvalue weighted by Gasteiger charge is 2.38. The van der Waals surface area contributed by atoms with Gasteiger partial charge in [-0.2, -0.15) is 0 Å². The lowest BCUT2D eigenvalue weighted by Gasteiger charge is -2.35. The summed E-state index contributed by atoms with van der Waals surface area (Å²) in [7, 11) is 0. The largest absolute Gasteiger partial charge is 0.353 e. The fourth-order valence-electron chi connectivity index (χ4n) is 5.16. The highest BCUT2D eigenvalue weighted by molar-refractivity contribution is 8.26. The molecule has 3 aliphatic rings. The smallest absolute Gasteiger partial charge is 0.267 e. The first-order valence-electron chi connectivity index (χ1n) is 12.2. The standard InChI is InChI=1S/C25H31N5O2S2/c1-3-27-11-13-28(14-12-27)22-19(23(31)29-16-17(2)9-10-21(29)26-22)15-20-24(32)30(25(33)34-20)18-7-5-4-6-8-18/h9-10,15-16,18H,3-8,11-14H2,1-2H3/b20-15+. The van der Waals surface area contributed by atoms with Crippen molar-refractivity contribution in [2.24, 2.45) is 0 Å². The van der Waals surface area contributed by atoms with Crippen LogP contribution in [0.5, 0.6) is 0 Å². The first-order chi connectivity index (χ1) is 16.5. The van der Waals surface area contributed by atoms with Crippen LogP contribution in [0.2, 0.25) is 0 Å². The lowest BCUT2D eigenvalue weighted by Crippen LogP contribution is -2.47. The highest BCUT2D eigenvalue weighted by atomic mass is 32.2. The quantitative estimate of drug-likeness (QED) is 0.472. The average Bonchev–Trinajstić information content (AvgIpc) is 3.14. The maximum absolute atomic E-state index is 13.7. The number of hydrogen-bond acceptors (Lipinski definition) is 7. The monoisotopic (exact) mass is 497 g/mol. The van der Waals surface area contributed by atoms with E-state index in [-0.39, 0.29) is 17.5 Å². The predicted molar refractivity (Wildman–Crippen MR) is 142 cm³/mol. The van der Waals surface area contributed by atoms with Crippen molar-refractivity contribution in [1.29, 1.82) is 0 Å². The van der Waals surface area contributed by atoms with E-state index in [9.17, 15) is 9.59 Å². The minimum atomic E-state index is -0.149. The normalized spacial score (nSPS) is 21.9. The summed E-state index contributed by atoms with van der Waals surface area (Å²) < 4.78 is 2.19. The van der Waals surface area contributed by atoms with Crippen LogP contribution < -0.4 is 10.5 Å². The van der Waals surface area contributed by atoms with Crippen LogP contribution in [0.4, 0.5) is 5.82 Å². The second kappa shape index (κ2) is 9.79. The van der Waals surface area contributed by atoms with Gasteiger partial charge in [-0.15, -0.1) is 0 Å². The van der Waals surface area contributed by atoms with Gasteiger partial charge in [0.25, 0.3) is 11.5 Å². The average molecular weight is 498 g/mol. The van der Waals surface area contributed by atoms with Gasteiger partial charge in [0.15, 0.2) is 0 Å². The number of nitrogens with zero attached hydrogens (tertiary/aromatic N) is 5. The minimum absolute atomic E-state index is 0.0719. The minimum Gasteiger partial charge on any atom is -0.353 e. The fraction of sp³-hybridized carbons (Fsp3) is 0.520. The van der Waals surface area contributed by atoms with Gasteiger partial charge in [0.2, 0.25) is 0 Å². The molecule has 34 heavy (non-hydrogen) atoms. The molecule has 0 N–H and O–H groups in total. The van der Waals surface area contributed by atoms with Crippen molar-refractivity contribution in [1.82, 2.24) is 19.2 Å². The molecule has 3 fully saturated rings. The van der Waals surface area contributed by atoms with Crippen molar-refractivity contribution in [2.75, 3.05) is 37.6 Å². The summed E-state index contributed by atoms with van der Waals surface area (Å²) in [6.45, 7) is 8.58. The van der Waals surface area contributed by atoms with Gasteiger partial charge in [0.05, 0.1) is 10.5 Å². The van der Waals surface area contributed by atoms with Crippen molar-refractivity contribution in [2.45, 2.75) is 52.0 Å². The SMILES string of the molecule is CCN1CCN(c2nc3ccc(C)cn3c(=O)c2/C=C2/SC(=S)N(C3CCCCC3)C2=O)CC1. The van der Waals surface area contributed by atoms with E-state index < -0.39 is 0 Å². The lowest BCUT2D eigenvalue weighted by molar-refractivity contribution is -0.124. The molecule has 0 unspecified atom stereocenters. The molecule has 0 spiro atoms. The molecule has 0 aromatic carbocycles. The fourth-order valence-corrected chi connectivity index (χ4v) is 6.54. The molecular formula is C25H31N5O2S2. The predicted octanol–water partition coefficient (Wildman–Crippen LogP) is 3.68. The molecule has 7 nitrogen and oxygen atoms in total. The molecule has 1 saturated carbocycles. The van der Waals surface area contributed by atoms with Gasteiger partial charge in [-0.1, -0.05) is 56.2 Å². The number of hydrogen-bond donors (Lipinski definition) is 0. The van der Waals surface area contributed by atoms with Gasteiger partial charge in [0.1, 0.15) is 15.8 Å². The Morgan fingerprint density at radius 3 is 2.56 bits per heavy atom. The topological polar surface area (TPSA) is 61.2 Å². The molecule has 2 saturated heterocycles. The van der Waals surface area contributed by atoms with Crippen LogP contribution in [0.3, 0.4) is 0 Å². The molecule has 0 bridgehead atoms. The van der Waals surface area contributed by atoms with Crippen LogP contribution >= 0.6 is 24.0 Å². The summed E-state index contributed by atoms with van der Waals surface area (Å²) in [6, 6.07) is 4.02. The van der Waals surface area contributed by atoms with Crippen molar-refractivity contribution < 1.29 is 4.79 Å². The molecule has 9 heteroatoms. The van der Waals surface area contributed by atoms with Crippen LogP contribution in [-0.2, 0) is 4.79 Å². The highest BCUT2D eigenvalue weighted by Crippen LogP contribution is 2.37. The number of thiocarbonyl (C=S) groups is 1. The van der Waals surface area contributed by atoms with Crippen molar-refractivity contribution in [3.63, 3.8) is 0 Å². The Kier molecular flexibility index (Phi) is 6.77. The van der Waals surface area contributed by atoms with Crippen molar-refractivity contribution in [3.05, 3.63) is 44.7 Å². The second-order valence-corrected chi connectivity index (χ2v) is 11.0. The lowest BCUT2D eigenvalue weighted by atomic mass is 9.94. The van der Waals surface area contributed by atoms with E-state index in [0.717, 1.165) is 64.0 Å². The van der Waals surface area contributed by atoms with Crippen LogP contribution in [0, 0.1) is 6.92 Å². The van der Waals surface area contributed by atoms with Gasteiger partial charge in [-0.05, 0) is 44.0 Å². The Labute approximate surface area is 209 Å². The molecule has 2 aromatic heterocycles. The van der Waals surface area contributed by atoms with Crippen LogP contribution in [0.1, 0.15) is 50.2 Å². The van der Waals surface area contributed by atoms with Gasteiger partial charge in [-0.3, -0.25) is 18.9 Å². The summed E-state index contributed by atoms with van der Waals surface area (Å²) in [5, 5.41) is 0. The molecule has 4 heterocycles. The zero-order valence-corrected chi connectivity index (χ0v) is 21.5. The number of pyridine rings is 1. The number of aryl methyl sites for hydroxylation is 1. The number of carbonyl (C=O) groups is 1. The van der Waals surface area contributed by atoms with E-state index in [0.29, 0.717) is 26.3 Å². The Morgan fingerprint density at radius 2 is 1.85 bits per heavy atom. The molecule has 1 amide bonds. The summed E-state index contributed by atoms with van der Waals surface area (Å²) in [5.41, 5.74) is 1.92. The molecule has 0 atom stereocenters. The summed E-state index contributed by atoms with van der Waals surface area (Å²) in [4.78, 5) is 38.9. The Hall–Kier alpha value is -2.23. The second-order valence-electron chi connectivity index (χ2n) is 9.35.